The second-order valence-corrected chi connectivity index (χ2v) is 6.68. The summed E-state index contributed by atoms with van der Waals surface area (Å²) in [6.07, 6.45) is 0.527. The normalized spacial score (nSPS) is 11.6. The Balaban J connectivity index is 1.73. The minimum atomic E-state index is -1.05. The number of amides is 1. The predicted octanol–water partition coefficient (Wildman–Crippen LogP) is 4.03. The summed E-state index contributed by atoms with van der Waals surface area (Å²) in [4.78, 5) is 25.0. The van der Waals surface area contributed by atoms with E-state index in [0.717, 1.165) is 11.3 Å². The van der Waals surface area contributed by atoms with E-state index in [0.29, 0.717) is 10.7 Å². The number of ether oxygens (including phenoxy) is 2. The van der Waals surface area contributed by atoms with Crippen molar-refractivity contribution in [3.05, 3.63) is 71.0 Å². The molecule has 0 aliphatic heterocycles. The van der Waals surface area contributed by atoms with Crippen molar-refractivity contribution < 1.29 is 19.1 Å². The number of esters is 1. The Labute approximate surface area is 173 Å². The first kappa shape index (κ1) is 20.4. The van der Waals surface area contributed by atoms with Crippen molar-refractivity contribution >= 4 is 29.2 Å². The van der Waals surface area contributed by atoms with Gasteiger partial charge in [0, 0.05) is 10.7 Å². The summed E-state index contributed by atoms with van der Waals surface area (Å²) in [5.74, 6) is -0.996. The fraction of sp³-hybridized carbons (Fsp3) is 0.190. The number of carbonyl (C=O) groups is 2. The average Bonchev–Trinajstić information content (AvgIpc) is 3.16. The maximum absolute atomic E-state index is 12.6. The molecule has 0 spiro atoms. The average molecular weight is 414 g/mol. The topological polar surface area (TPSA) is 82.5 Å². The molecule has 1 amide bonds. The first-order valence-corrected chi connectivity index (χ1v) is 9.24. The van der Waals surface area contributed by atoms with Gasteiger partial charge in [-0.15, -0.1) is 0 Å². The lowest BCUT2D eigenvalue weighted by atomic mass is 10.2. The monoisotopic (exact) mass is 413 g/mol. The largest absolute Gasteiger partial charge is 0.493 e. The van der Waals surface area contributed by atoms with E-state index in [2.05, 4.69) is 10.4 Å². The molecule has 0 bridgehead atoms. The van der Waals surface area contributed by atoms with Gasteiger partial charge in [-0.25, -0.2) is 9.48 Å². The molecule has 0 saturated heterocycles. The van der Waals surface area contributed by atoms with E-state index in [9.17, 15) is 9.59 Å². The lowest BCUT2D eigenvalue weighted by Gasteiger charge is -2.14. The van der Waals surface area contributed by atoms with Crippen molar-refractivity contribution in [2.24, 2.45) is 0 Å². The Morgan fingerprint density at radius 1 is 1.14 bits per heavy atom. The Hall–Kier alpha value is -3.32. The number of anilines is 1. The van der Waals surface area contributed by atoms with Crippen LogP contribution in [0.5, 0.6) is 5.75 Å². The highest BCUT2D eigenvalue weighted by molar-refractivity contribution is 6.31. The summed E-state index contributed by atoms with van der Waals surface area (Å²) in [6.45, 7) is 3.27. The molecule has 1 aromatic heterocycles. The van der Waals surface area contributed by atoms with E-state index >= 15 is 0 Å². The number of carbonyl (C=O) groups excluding carboxylic acids is 2. The number of benzene rings is 2. The Kier molecular flexibility index (Phi) is 6.19. The van der Waals surface area contributed by atoms with Crippen LogP contribution in [0.2, 0.25) is 5.02 Å². The molecule has 0 fully saturated rings. The fourth-order valence-electron chi connectivity index (χ4n) is 2.61. The third-order valence-electron chi connectivity index (χ3n) is 4.29. The molecular formula is C21H20ClN3O4. The van der Waals surface area contributed by atoms with Crippen LogP contribution in [0, 0.1) is 6.92 Å². The number of hydrogen-bond acceptors (Lipinski definition) is 5. The SMILES string of the molecule is COc1cn(-c2ccccc2)nc1C(=O)O[C@H](C)C(=O)Nc1cccc(Cl)c1C. The van der Waals surface area contributed by atoms with Crippen molar-refractivity contribution in [1.82, 2.24) is 9.78 Å². The van der Waals surface area contributed by atoms with Crippen molar-refractivity contribution in [3.63, 3.8) is 0 Å². The highest BCUT2D eigenvalue weighted by Gasteiger charge is 2.25. The van der Waals surface area contributed by atoms with Crippen LogP contribution in [0.25, 0.3) is 5.69 Å². The number of rotatable bonds is 6. The molecule has 1 atom stereocenters. The van der Waals surface area contributed by atoms with Gasteiger partial charge in [-0.05, 0) is 43.7 Å². The van der Waals surface area contributed by atoms with Crippen LogP contribution in [-0.2, 0) is 9.53 Å². The highest BCUT2D eigenvalue weighted by Crippen LogP contribution is 2.24. The van der Waals surface area contributed by atoms with E-state index in [-0.39, 0.29) is 11.4 Å². The second-order valence-electron chi connectivity index (χ2n) is 6.28. The summed E-state index contributed by atoms with van der Waals surface area (Å²) in [7, 11) is 1.43. The number of para-hydroxylation sites is 1. The van der Waals surface area contributed by atoms with Crippen LogP contribution in [0.1, 0.15) is 23.0 Å². The first-order valence-electron chi connectivity index (χ1n) is 8.86. The fourth-order valence-corrected chi connectivity index (χ4v) is 2.78. The molecule has 3 aromatic rings. The van der Waals surface area contributed by atoms with Gasteiger partial charge in [-0.3, -0.25) is 4.79 Å². The number of halogens is 1. The molecule has 3 rings (SSSR count). The van der Waals surface area contributed by atoms with Gasteiger partial charge in [0.05, 0.1) is 19.0 Å². The zero-order valence-corrected chi connectivity index (χ0v) is 16.9. The molecule has 150 valence electrons. The van der Waals surface area contributed by atoms with Gasteiger partial charge in [0.25, 0.3) is 5.91 Å². The van der Waals surface area contributed by atoms with Gasteiger partial charge < -0.3 is 14.8 Å². The molecule has 0 saturated carbocycles. The molecule has 0 unspecified atom stereocenters. The van der Waals surface area contributed by atoms with Gasteiger partial charge in [-0.1, -0.05) is 35.9 Å². The molecule has 1 heterocycles. The van der Waals surface area contributed by atoms with Gasteiger partial charge in [0.15, 0.2) is 11.9 Å². The number of nitrogens with one attached hydrogen (secondary N) is 1. The quantitative estimate of drug-likeness (QED) is 0.617. The van der Waals surface area contributed by atoms with Gasteiger partial charge in [0.1, 0.15) is 0 Å². The van der Waals surface area contributed by atoms with Crippen molar-refractivity contribution in [2.45, 2.75) is 20.0 Å². The third-order valence-corrected chi connectivity index (χ3v) is 4.70. The Morgan fingerprint density at radius 3 is 2.55 bits per heavy atom. The van der Waals surface area contributed by atoms with Crippen molar-refractivity contribution in [1.29, 1.82) is 0 Å². The number of aromatic nitrogens is 2. The van der Waals surface area contributed by atoms with Crippen LogP contribution in [0.4, 0.5) is 5.69 Å². The molecule has 1 N–H and O–H groups in total. The lowest BCUT2D eigenvalue weighted by Crippen LogP contribution is -2.30. The minimum Gasteiger partial charge on any atom is -0.493 e. The summed E-state index contributed by atoms with van der Waals surface area (Å²) < 4.78 is 12.0. The van der Waals surface area contributed by atoms with Gasteiger partial charge >= 0.3 is 5.97 Å². The highest BCUT2D eigenvalue weighted by atomic mass is 35.5. The molecule has 29 heavy (non-hydrogen) atoms. The molecule has 0 aliphatic rings. The number of nitrogens with zero attached hydrogens (tertiary/aromatic N) is 2. The van der Waals surface area contributed by atoms with E-state index in [1.807, 2.05) is 30.3 Å². The molecule has 0 radical (unpaired) electrons. The van der Waals surface area contributed by atoms with E-state index < -0.39 is 18.0 Å². The zero-order valence-electron chi connectivity index (χ0n) is 16.2. The first-order chi connectivity index (χ1) is 13.9. The summed E-state index contributed by atoms with van der Waals surface area (Å²) in [5, 5.41) is 7.48. The van der Waals surface area contributed by atoms with Crippen LogP contribution in [0.3, 0.4) is 0 Å². The van der Waals surface area contributed by atoms with E-state index in [1.165, 1.54) is 18.7 Å². The number of methoxy groups -OCH3 is 1. The minimum absolute atomic E-state index is 0.0186. The molecular weight excluding hydrogens is 394 g/mol. The maximum Gasteiger partial charge on any atom is 0.363 e. The van der Waals surface area contributed by atoms with Crippen LogP contribution in [0.15, 0.2) is 54.7 Å². The smallest absolute Gasteiger partial charge is 0.363 e. The predicted molar refractivity (Wildman–Crippen MR) is 110 cm³/mol. The van der Waals surface area contributed by atoms with Gasteiger partial charge in [0.2, 0.25) is 5.69 Å². The molecule has 8 heteroatoms. The standard InChI is InChI=1S/C21H20ClN3O4/c1-13-16(22)10-7-11-17(13)23-20(26)14(2)29-21(27)19-18(28-3)12-25(24-19)15-8-5-4-6-9-15/h4-12,14H,1-3H3,(H,23,26)/t14-/m1/s1. The number of hydrogen-bond donors (Lipinski definition) is 1. The molecule has 2 aromatic carbocycles. The maximum atomic E-state index is 12.6. The van der Waals surface area contributed by atoms with Crippen molar-refractivity contribution in [3.8, 4) is 11.4 Å². The summed E-state index contributed by atoms with van der Waals surface area (Å²) in [5.41, 5.74) is 2.02. The second kappa shape index (κ2) is 8.79. The van der Waals surface area contributed by atoms with Crippen LogP contribution in [-0.4, -0.2) is 34.9 Å². The van der Waals surface area contributed by atoms with E-state index in [4.69, 9.17) is 21.1 Å². The summed E-state index contributed by atoms with van der Waals surface area (Å²) in [6, 6.07) is 14.4. The van der Waals surface area contributed by atoms with Crippen molar-refractivity contribution in [2.75, 3.05) is 12.4 Å². The van der Waals surface area contributed by atoms with Crippen LogP contribution < -0.4 is 10.1 Å². The Morgan fingerprint density at radius 2 is 1.86 bits per heavy atom. The van der Waals surface area contributed by atoms with Crippen LogP contribution >= 0.6 is 11.6 Å². The molecule has 0 aliphatic carbocycles. The zero-order chi connectivity index (χ0) is 21.0. The summed E-state index contributed by atoms with van der Waals surface area (Å²) >= 11 is 6.07. The van der Waals surface area contributed by atoms with Gasteiger partial charge in [-0.2, -0.15) is 5.10 Å². The molecule has 7 nitrogen and oxygen atoms in total. The third kappa shape index (κ3) is 4.57. The lowest BCUT2D eigenvalue weighted by molar-refractivity contribution is -0.123. The van der Waals surface area contributed by atoms with E-state index in [1.54, 1.807) is 31.3 Å². The Bertz CT molecular complexity index is 1030.